The molecule has 104 valence electrons. The Labute approximate surface area is 113 Å². The summed E-state index contributed by atoms with van der Waals surface area (Å²) in [6.45, 7) is 0.720. The van der Waals surface area contributed by atoms with E-state index in [4.69, 9.17) is 4.74 Å². The van der Waals surface area contributed by atoms with Crippen LogP contribution in [0.4, 0.5) is 5.82 Å². The van der Waals surface area contributed by atoms with Crippen LogP contribution in [0.1, 0.15) is 36.0 Å². The fraction of sp³-hybridized carbons (Fsp3) is 0.571. The molecule has 2 atom stereocenters. The van der Waals surface area contributed by atoms with Gasteiger partial charge in [0.05, 0.1) is 13.2 Å². The van der Waals surface area contributed by atoms with Gasteiger partial charge in [0.15, 0.2) is 0 Å². The average molecular weight is 264 g/mol. The Balaban J connectivity index is 1.97. The van der Waals surface area contributed by atoms with Gasteiger partial charge in [-0.2, -0.15) is 0 Å². The van der Waals surface area contributed by atoms with Crippen LogP contribution in [0.3, 0.4) is 0 Å². The highest BCUT2D eigenvalue weighted by molar-refractivity contribution is 5.94. The van der Waals surface area contributed by atoms with Crippen molar-refractivity contribution in [3.8, 4) is 0 Å². The van der Waals surface area contributed by atoms with Gasteiger partial charge in [0.1, 0.15) is 11.4 Å². The molecule has 0 spiro atoms. The summed E-state index contributed by atoms with van der Waals surface area (Å²) in [5.74, 6) is 0.588. The third-order valence-electron chi connectivity index (χ3n) is 3.53. The molecule has 0 aromatic carbocycles. The Kier molecular flexibility index (Phi) is 4.74. The number of anilines is 1. The zero-order valence-electron chi connectivity index (χ0n) is 11.1. The van der Waals surface area contributed by atoms with E-state index in [1.165, 1.54) is 7.11 Å². The van der Waals surface area contributed by atoms with Crippen LogP contribution in [0.5, 0.6) is 0 Å². The maximum absolute atomic E-state index is 11.6. The first-order valence-corrected chi connectivity index (χ1v) is 6.66. The standard InChI is InChI=1S/C14H20N2O3/c1-19-14(18)12-6-3-7-15-13(12)16-9-10-4-2-5-11(17)8-10/h3,6-7,10-11,17H,2,4-5,8-9H2,1H3,(H,15,16). The summed E-state index contributed by atoms with van der Waals surface area (Å²) in [5, 5.41) is 12.8. The van der Waals surface area contributed by atoms with E-state index < -0.39 is 0 Å². The van der Waals surface area contributed by atoms with Gasteiger partial charge in [0.2, 0.25) is 0 Å². The number of nitrogens with zero attached hydrogens (tertiary/aromatic N) is 1. The van der Waals surface area contributed by atoms with E-state index in [0.29, 0.717) is 17.3 Å². The van der Waals surface area contributed by atoms with Crippen LogP contribution in [-0.2, 0) is 4.74 Å². The maximum atomic E-state index is 11.6. The molecule has 5 heteroatoms. The van der Waals surface area contributed by atoms with Crippen LogP contribution >= 0.6 is 0 Å². The number of carbonyl (C=O) groups excluding carboxylic acids is 1. The lowest BCUT2D eigenvalue weighted by Crippen LogP contribution is -2.25. The summed E-state index contributed by atoms with van der Waals surface area (Å²) in [4.78, 5) is 15.8. The Hall–Kier alpha value is -1.62. The highest BCUT2D eigenvalue weighted by Gasteiger charge is 2.21. The molecule has 1 aliphatic rings. The fourth-order valence-electron chi connectivity index (χ4n) is 2.51. The van der Waals surface area contributed by atoms with Crippen molar-refractivity contribution >= 4 is 11.8 Å². The van der Waals surface area contributed by atoms with Gasteiger partial charge in [-0.25, -0.2) is 9.78 Å². The third-order valence-corrected chi connectivity index (χ3v) is 3.53. The summed E-state index contributed by atoms with van der Waals surface area (Å²) in [6, 6.07) is 3.40. The first-order valence-electron chi connectivity index (χ1n) is 6.66. The largest absolute Gasteiger partial charge is 0.465 e. The number of esters is 1. The molecule has 0 aliphatic heterocycles. The number of hydrogen-bond acceptors (Lipinski definition) is 5. The lowest BCUT2D eigenvalue weighted by molar-refractivity contribution is 0.0601. The molecule has 0 saturated heterocycles. The number of pyridine rings is 1. The smallest absolute Gasteiger partial charge is 0.341 e. The number of aromatic nitrogens is 1. The van der Waals surface area contributed by atoms with Crippen LogP contribution in [-0.4, -0.2) is 35.8 Å². The molecule has 0 radical (unpaired) electrons. The highest BCUT2D eigenvalue weighted by Crippen LogP contribution is 2.24. The number of aliphatic hydroxyl groups excluding tert-OH is 1. The van der Waals surface area contributed by atoms with E-state index in [1.807, 2.05) is 0 Å². The molecular formula is C14H20N2O3. The first kappa shape index (κ1) is 13.8. The third kappa shape index (κ3) is 3.67. The quantitative estimate of drug-likeness (QED) is 0.812. The first-order chi connectivity index (χ1) is 9.20. The van der Waals surface area contributed by atoms with Crippen molar-refractivity contribution in [1.82, 2.24) is 4.98 Å². The van der Waals surface area contributed by atoms with Gasteiger partial charge in [-0.15, -0.1) is 0 Å². The Morgan fingerprint density at radius 3 is 3.16 bits per heavy atom. The summed E-state index contributed by atoms with van der Waals surface area (Å²) < 4.78 is 4.73. The van der Waals surface area contributed by atoms with Crippen molar-refractivity contribution in [3.05, 3.63) is 23.9 Å². The molecule has 1 aromatic rings. The van der Waals surface area contributed by atoms with E-state index in [2.05, 4.69) is 10.3 Å². The summed E-state index contributed by atoms with van der Waals surface area (Å²) >= 11 is 0. The molecule has 1 fully saturated rings. The number of ether oxygens (including phenoxy) is 1. The number of nitrogens with one attached hydrogen (secondary N) is 1. The van der Waals surface area contributed by atoms with E-state index in [9.17, 15) is 9.90 Å². The Morgan fingerprint density at radius 2 is 2.42 bits per heavy atom. The van der Waals surface area contributed by atoms with Gasteiger partial charge in [-0.3, -0.25) is 0 Å². The predicted octanol–water partition coefficient (Wildman–Crippen LogP) is 1.83. The molecule has 1 heterocycles. The molecule has 1 aromatic heterocycles. The fourth-order valence-corrected chi connectivity index (χ4v) is 2.51. The summed E-state index contributed by atoms with van der Waals surface area (Å²) in [6.07, 6.45) is 5.32. The normalized spacial score (nSPS) is 22.8. The predicted molar refractivity (Wildman–Crippen MR) is 72.0 cm³/mol. The molecule has 5 nitrogen and oxygen atoms in total. The zero-order valence-corrected chi connectivity index (χ0v) is 11.1. The minimum absolute atomic E-state index is 0.190. The van der Waals surface area contributed by atoms with Crippen LogP contribution < -0.4 is 5.32 Å². The van der Waals surface area contributed by atoms with E-state index in [-0.39, 0.29) is 12.1 Å². The number of aliphatic hydroxyl groups is 1. The van der Waals surface area contributed by atoms with Crippen molar-refractivity contribution in [2.75, 3.05) is 19.0 Å². The van der Waals surface area contributed by atoms with Gasteiger partial charge in [-0.1, -0.05) is 6.42 Å². The molecule has 2 rings (SSSR count). The van der Waals surface area contributed by atoms with Crippen molar-refractivity contribution in [1.29, 1.82) is 0 Å². The summed E-state index contributed by atoms with van der Waals surface area (Å²) in [7, 11) is 1.36. The van der Waals surface area contributed by atoms with Crippen molar-refractivity contribution in [2.45, 2.75) is 31.8 Å². The minimum Gasteiger partial charge on any atom is -0.465 e. The Bertz CT molecular complexity index is 436. The van der Waals surface area contributed by atoms with Crippen molar-refractivity contribution < 1.29 is 14.6 Å². The number of carbonyl (C=O) groups is 1. The zero-order chi connectivity index (χ0) is 13.7. The molecule has 19 heavy (non-hydrogen) atoms. The van der Waals surface area contributed by atoms with Gasteiger partial charge in [-0.05, 0) is 37.3 Å². The molecular weight excluding hydrogens is 244 g/mol. The molecule has 2 N–H and O–H groups in total. The van der Waals surface area contributed by atoms with Crippen LogP contribution in [0.2, 0.25) is 0 Å². The number of rotatable bonds is 4. The number of methoxy groups -OCH3 is 1. The summed E-state index contributed by atoms with van der Waals surface area (Å²) in [5.41, 5.74) is 0.446. The second-order valence-corrected chi connectivity index (χ2v) is 4.96. The van der Waals surface area contributed by atoms with Crippen LogP contribution in [0, 0.1) is 5.92 Å². The molecule has 1 aliphatic carbocycles. The van der Waals surface area contributed by atoms with E-state index in [0.717, 1.165) is 32.2 Å². The van der Waals surface area contributed by atoms with Crippen LogP contribution in [0.25, 0.3) is 0 Å². The molecule has 0 amide bonds. The van der Waals surface area contributed by atoms with Gasteiger partial charge in [0.25, 0.3) is 0 Å². The van der Waals surface area contributed by atoms with Gasteiger partial charge in [0, 0.05) is 12.7 Å². The average Bonchev–Trinajstić information content (AvgIpc) is 2.45. The van der Waals surface area contributed by atoms with Crippen LogP contribution in [0.15, 0.2) is 18.3 Å². The lowest BCUT2D eigenvalue weighted by Gasteiger charge is -2.26. The van der Waals surface area contributed by atoms with E-state index in [1.54, 1.807) is 18.3 Å². The molecule has 0 bridgehead atoms. The number of hydrogen-bond donors (Lipinski definition) is 2. The monoisotopic (exact) mass is 264 g/mol. The van der Waals surface area contributed by atoms with Gasteiger partial charge >= 0.3 is 5.97 Å². The van der Waals surface area contributed by atoms with E-state index >= 15 is 0 Å². The maximum Gasteiger partial charge on any atom is 0.341 e. The SMILES string of the molecule is COC(=O)c1cccnc1NCC1CCCC(O)C1. The minimum atomic E-state index is -0.390. The second-order valence-electron chi connectivity index (χ2n) is 4.96. The topological polar surface area (TPSA) is 71.5 Å². The second kappa shape index (κ2) is 6.52. The molecule has 2 unspecified atom stereocenters. The van der Waals surface area contributed by atoms with Crippen molar-refractivity contribution in [3.63, 3.8) is 0 Å². The lowest BCUT2D eigenvalue weighted by atomic mass is 9.87. The Morgan fingerprint density at radius 1 is 1.58 bits per heavy atom. The van der Waals surface area contributed by atoms with Crippen molar-refractivity contribution in [2.24, 2.45) is 5.92 Å². The van der Waals surface area contributed by atoms with Gasteiger partial charge < -0.3 is 15.2 Å². The molecule has 1 saturated carbocycles. The highest BCUT2D eigenvalue weighted by atomic mass is 16.5.